The van der Waals surface area contributed by atoms with Crippen molar-refractivity contribution < 1.29 is 17.2 Å². The van der Waals surface area contributed by atoms with Crippen molar-refractivity contribution in [1.82, 2.24) is 4.31 Å². The molecule has 0 aromatic carbocycles. The molecule has 2 N–H and O–H groups in total. The minimum absolute atomic E-state index is 0.0177. The molecule has 0 rings (SSSR count). The molecule has 14 heavy (non-hydrogen) atoms. The van der Waals surface area contributed by atoms with E-state index in [0.29, 0.717) is 4.31 Å². The van der Waals surface area contributed by atoms with Crippen LogP contribution in [0.5, 0.6) is 0 Å². The fraction of sp³-hybridized carbons (Fsp3) is 1.00. The smallest absolute Gasteiger partial charge is 0.330 e. The Kier molecular flexibility index (Phi) is 4.41. The third-order valence-electron chi connectivity index (χ3n) is 1.86. The van der Waals surface area contributed by atoms with Gasteiger partial charge in [-0.3, -0.25) is 0 Å². The van der Waals surface area contributed by atoms with Gasteiger partial charge in [-0.2, -0.15) is 13.1 Å². The molecule has 0 aromatic rings. The van der Waals surface area contributed by atoms with Crippen LogP contribution in [0.3, 0.4) is 0 Å². The molecule has 0 aromatic heterocycles. The molecule has 0 saturated heterocycles. The van der Waals surface area contributed by atoms with Crippen LogP contribution in [-0.2, 0) is 10.0 Å². The van der Waals surface area contributed by atoms with Gasteiger partial charge in [0.25, 0.3) is 10.0 Å². The van der Waals surface area contributed by atoms with Crippen LogP contribution in [0.15, 0.2) is 0 Å². The first kappa shape index (κ1) is 13.7. The van der Waals surface area contributed by atoms with Gasteiger partial charge in [-0.1, -0.05) is 13.8 Å². The predicted molar refractivity (Wildman–Crippen MR) is 50.4 cm³/mol. The maximum atomic E-state index is 12.1. The first-order valence-electron chi connectivity index (χ1n) is 4.07. The van der Waals surface area contributed by atoms with E-state index < -0.39 is 21.2 Å². The molecule has 0 atom stereocenters. The average molecular weight is 230 g/mol. The summed E-state index contributed by atoms with van der Waals surface area (Å²) in [5.74, 6) is -3.37. The molecule has 0 aliphatic carbocycles. The van der Waals surface area contributed by atoms with Crippen LogP contribution < -0.4 is 5.73 Å². The highest BCUT2D eigenvalue weighted by Gasteiger charge is 2.32. The highest BCUT2D eigenvalue weighted by atomic mass is 32.2. The van der Waals surface area contributed by atoms with Crippen molar-refractivity contribution in [2.24, 2.45) is 11.1 Å². The van der Waals surface area contributed by atoms with Crippen LogP contribution in [-0.4, -0.2) is 38.6 Å². The normalized spacial score (nSPS) is 14.0. The fourth-order valence-electron chi connectivity index (χ4n) is 0.893. The summed E-state index contributed by atoms with van der Waals surface area (Å²) < 4.78 is 46.7. The molecule has 0 fully saturated rings. The van der Waals surface area contributed by atoms with Crippen molar-refractivity contribution in [3.05, 3.63) is 0 Å². The molecule has 86 valence electrons. The second-order valence-electron chi connectivity index (χ2n) is 3.93. The Hall–Kier alpha value is -0.270. The number of halogens is 2. The van der Waals surface area contributed by atoms with Gasteiger partial charge in [0.1, 0.15) is 0 Å². The van der Waals surface area contributed by atoms with E-state index in [0.717, 1.165) is 7.05 Å². The standard InChI is InChI=1S/C7H16F2N2O2S/c1-7(2,4-10)5-11(3)14(12,13)6(8)9/h6H,4-5,10H2,1-3H3. The molecule has 0 radical (unpaired) electrons. The monoisotopic (exact) mass is 230 g/mol. The number of nitrogens with two attached hydrogens (primary N) is 1. The Morgan fingerprint density at radius 2 is 1.86 bits per heavy atom. The summed E-state index contributed by atoms with van der Waals surface area (Å²) in [6.07, 6.45) is 0. The third-order valence-corrected chi connectivity index (χ3v) is 3.31. The van der Waals surface area contributed by atoms with E-state index in [-0.39, 0.29) is 13.1 Å². The SMILES string of the molecule is CN(CC(C)(C)CN)S(=O)(=O)C(F)F. The fourth-order valence-corrected chi connectivity index (χ4v) is 1.69. The first-order valence-corrected chi connectivity index (χ1v) is 5.57. The quantitative estimate of drug-likeness (QED) is 0.746. The van der Waals surface area contributed by atoms with E-state index in [1.54, 1.807) is 13.8 Å². The molecular formula is C7H16F2N2O2S. The van der Waals surface area contributed by atoms with Gasteiger partial charge in [0.05, 0.1) is 0 Å². The molecule has 0 unspecified atom stereocenters. The molecule has 0 aliphatic rings. The number of sulfonamides is 1. The van der Waals surface area contributed by atoms with Crippen LogP contribution in [0.25, 0.3) is 0 Å². The van der Waals surface area contributed by atoms with Gasteiger partial charge >= 0.3 is 5.76 Å². The van der Waals surface area contributed by atoms with Gasteiger partial charge in [-0.15, -0.1) is 0 Å². The Bertz CT molecular complexity index is 277. The van der Waals surface area contributed by atoms with Gasteiger partial charge in [0.15, 0.2) is 0 Å². The lowest BCUT2D eigenvalue weighted by molar-refractivity contribution is 0.212. The van der Waals surface area contributed by atoms with Gasteiger partial charge in [-0.05, 0) is 12.0 Å². The lowest BCUT2D eigenvalue weighted by atomic mass is 9.94. The molecular weight excluding hydrogens is 214 g/mol. The van der Waals surface area contributed by atoms with Crippen molar-refractivity contribution >= 4 is 10.0 Å². The summed E-state index contributed by atoms with van der Waals surface area (Å²) >= 11 is 0. The third kappa shape index (κ3) is 3.47. The van der Waals surface area contributed by atoms with Gasteiger partial charge < -0.3 is 5.73 Å². The molecule has 0 saturated carbocycles. The van der Waals surface area contributed by atoms with Gasteiger partial charge in [0, 0.05) is 13.6 Å². The van der Waals surface area contributed by atoms with Gasteiger partial charge in [-0.25, -0.2) is 8.42 Å². The second-order valence-corrected chi connectivity index (χ2v) is 5.94. The minimum atomic E-state index is -4.48. The van der Waals surface area contributed by atoms with Crippen molar-refractivity contribution in [3.63, 3.8) is 0 Å². The van der Waals surface area contributed by atoms with E-state index in [9.17, 15) is 17.2 Å². The zero-order valence-corrected chi connectivity index (χ0v) is 9.31. The number of hydrogen-bond donors (Lipinski definition) is 1. The lowest BCUT2D eigenvalue weighted by Gasteiger charge is -2.28. The second kappa shape index (κ2) is 4.50. The molecule has 0 amide bonds. The predicted octanol–water partition coefficient (Wildman–Crippen LogP) is 0.456. The molecule has 0 heterocycles. The zero-order valence-electron chi connectivity index (χ0n) is 8.50. The first-order chi connectivity index (χ1) is 6.13. The highest BCUT2D eigenvalue weighted by Crippen LogP contribution is 2.18. The van der Waals surface area contributed by atoms with E-state index in [2.05, 4.69) is 0 Å². The summed E-state index contributed by atoms with van der Waals surface area (Å²) in [5, 5.41) is 0. The van der Waals surface area contributed by atoms with Crippen molar-refractivity contribution in [1.29, 1.82) is 0 Å². The number of nitrogens with zero attached hydrogens (tertiary/aromatic N) is 1. The summed E-state index contributed by atoms with van der Waals surface area (Å²) in [6, 6.07) is 0. The van der Waals surface area contributed by atoms with Crippen LogP contribution in [0.2, 0.25) is 0 Å². The van der Waals surface area contributed by atoms with Crippen LogP contribution in [0.1, 0.15) is 13.8 Å². The van der Waals surface area contributed by atoms with Crippen molar-refractivity contribution in [3.8, 4) is 0 Å². The maximum absolute atomic E-state index is 12.1. The largest absolute Gasteiger partial charge is 0.350 e. The molecule has 7 heteroatoms. The molecule has 4 nitrogen and oxygen atoms in total. The van der Waals surface area contributed by atoms with E-state index in [1.165, 1.54) is 0 Å². The summed E-state index contributed by atoms with van der Waals surface area (Å²) in [7, 11) is -3.35. The number of rotatable bonds is 5. The summed E-state index contributed by atoms with van der Waals surface area (Å²) in [5.41, 5.74) is 4.86. The van der Waals surface area contributed by atoms with Gasteiger partial charge in [0.2, 0.25) is 0 Å². The molecule has 0 spiro atoms. The Labute approximate surface area is 83.1 Å². The Morgan fingerprint density at radius 3 is 2.14 bits per heavy atom. The van der Waals surface area contributed by atoms with E-state index in [4.69, 9.17) is 5.73 Å². The van der Waals surface area contributed by atoms with E-state index in [1.807, 2.05) is 0 Å². The average Bonchev–Trinajstić information content (AvgIpc) is 2.03. The Morgan fingerprint density at radius 1 is 1.43 bits per heavy atom. The lowest BCUT2D eigenvalue weighted by Crippen LogP contribution is -2.41. The van der Waals surface area contributed by atoms with Crippen molar-refractivity contribution in [2.75, 3.05) is 20.1 Å². The van der Waals surface area contributed by atoms with Crippen LogP contribution >= 0.6 is 0 Å². The van der Waals surface area contributed by atoms with E-state index >= 15 is 0 Å². The number of alkyl halides is 2. The topological polar surface area (TPSA) is 63.4 Å². The van der Waals surface area contributed by atoms with Crippen LogP contribution in [0.4, 0.5) is 8.78 Å². The molecule has 0 aliphatic heterocycles. The molecule has 0 bridgehead atoms. The maximum Gasteiger partial charge on any atom is 0.350 e. The van der Waals surface area contributed by atoms with Crippen molar-refractivity contribution in [2.45, 2.75) is 19.6 Å². The Balaban J connectivity index is 4.59. The minimum Gasteiger partial charge on any atom is -0.330 e. The van der Waals surface area contributed by atoms with Crippen LogP contribution in [0, 0.1) is 5.41 Å². The number of hydrogen-bond acceptors (Lipinski definition) is 3. The summed E-state index contributed by atoms with van der Waals surface area (Å²) in [6.45, 7) is 3.64. The zero-order chi connectivity index (χ0) is 11.6. The highest BCUT2D eigenvalue weighted by molar-refractivity contribution is 7.89. The summed E-state index contributed by atoms with van der Waals surface area (Å²) in [4.78, 5) is 0.